The highest BCUT2D eigenvalue weighted by Gasteiger charge is 2.43. The molecule has 1 unspecified atom stereocenters. The van der Waals surface area contributed by atoms with E-state index in [1.54, 1.807) is 45.2 Å². The molecular weight excluding hydrogens is 469 g/mol. The lowest BCUT2D eigenvalue weighted by Gasteiger charge is -2.24. The van der Waals surface area contributed by atoms with Crippen molar-refractivity contribution in [3.8, 4) is 5.75 Å². The highest BCUT2D eigenvalue weighted by Crippen LogP contribution is 2.54. The molecule has 1 heterocycles. The Bertz CT molecular complexity index is 906. The Morgan fingerprint density at radius 3 is 2.20 bits per heavy atom. The predicted molar refractivity (Wildman–Crippen MR) is 135 cm³/mol. The number of oxazole rings is 1. The molecule has 2 rings (SSSR count). The number of aromatic nitrogens is 1. The molecule has 0 aliphatic carbocycles. The summed E-state index contributed by atoms with van der Waals surface area (Å²) in [4.78, 5) is 17.9. The molecule has 0 aliphatic heterocycles. The number of methoxy groups -OCH3 is 1. The summed E-state index contributed by atoms with van der Waals surface area (Å²) in [5, 5.41) is 0. The number of hydrogen-bond donors (Lipinski definition) is 0. The van der Waals surface area contributed by atoms with Crippen LogP contribution in [0.3, 0.4) is 0 Å². The predicted octanol–water partition coefficient (Wildman–Crippen LogP) is 6.29. The van der Waals surface area contributed by atoms with Gasteiger partial charge in [0.2, 0.25) is 0 Å². The molecule has 0 amide bonds. The summed E-state index contributed by atoms with van der Waals surface area (Å²) < 4.78 is 41.5. The standard InChI is InChI=1S/C26H40NO7P/c1-6-10-12-22-23(13-11-7-2)34-25(27-22)18-24(35(29,32-8-3)33-9-4)26(28)31-19-20-14-16-21(30-5)17-15-20/h14-17,24H,6-13,18-19H2,1-5H3. The van der Waals surface area contributed by atoms with Crippen LogP contribution in [0.5, 0.6) is 5.75 Å². The molecule has 0 saturated carbocycles. The van der Waals surface area contributed by atoms with Crippen LogP contribution < -0.4 is 4.74 Å². The number of nitrogens with zero attached hydrogens (tertiary/aromatic N) is 1. The molecule has 0 radical (unpaired) electrons. The number of hydrogen-bond acceptors (Lipinski definition) is 8. The summed E-state index contributed by atoms with van der Waals surface area (Å²) in [7, 11) is -2.24. The molecule has 0 N–H and O–H groups in total. The van der Waals surface area contributed by atoms with Crippen LogP contribution in [0.15, 0.2) is 28.7 Å². The van der Waals surface area contributed by atoms with Crippen LogP contribution in [-0.4, -0.2) is 36.9 Å². The Balaban J connectivity index is 2.28. The fraction of sp³-hybridized carbons (Fsp3) is 0.615. The van der Waals surface area contributed by atoms with Crippen LogP contribution in [0.2, 0.25) is 0 Å². The maximum Gasteiger partial charge on any atom is 0.345 e. The maximum absolute atomic E-state index is 13.7. The minimum atomic E-state index is -3.83. The first-order valence-electron chi connectivity index (χ1n) is 12.6. The second-order valence-electron chi connectivity index (χ2n) is 8.24. The molecule has 0 aliphatic rings. The Labute approximate surface area is 209 Å². The second-order valence-corrected chi connectivity index (χ2v) is 10.5. The van der Waals surface area contributed by atoms with E-state index in [9.17, 15) is 9.36 Å². The Kier molecular flexibility index (Phi) is 12.5. The summed E-state index contributed by atoms with van der Waals surface area (Å²) in [5.74, 6) is 1.22. The van der Waals surface area contributed by atoms with Gasteiger partial charge >= 0.3 is 13.6 Å². The fourth-order valence-electron chi connectivity index (χ4n) is 3.64. The SMILES string of the molecule is CCCCc1nc(CC(C(=O)OCc2ccc(OC)cc2)P(=O)(OCC)OCC)oc1CCCC. The van der Waals surface area contributed by atoms with Crippen molar-refractivity contribution in [3.05, 3.63) is 47.2 Å². The third kappa shape index (κ3) is 8.78. The summed E-state index contributed by atoms with van der Waals surface area (Å²) in [6.45, 7) is 7.96. The summed E-state index contributed by atoms with van der Waals surface area (Å²) in [6.07, 6.45) is 5.62. The Hall–Kier alpha value is -2.15. The van der Waals surface area contributed by atoms with Gasteiger partial charge in [0, 0.05) is 12.8 Å². The van der Waals surface area contributed by atoms with E-state index in [1.807, 2.05) is 0 Å². The van der Waals surface area contributed by atoms with Gasteiger partial charge in [-0.3, -0.25) is 9.36 Å². The summed E-state index contributed by atoms with van der Waals surface area (Å²) in [5.41, 5.74) is 0.501. The van der Waals surface area contributed by atoms with Crippen LogP contribution >= 0.6 is 7.60 Å². The molecule has 35 heavy (non-hydrogen) atoms. The van der Waals surface area contributed by atoms with Gasteiger partial charge < -0.3 is 22.9 Å². The van der Waals surface area contributed by atoms with Crippen molar-refractivity contribution in [2.24, 2.45) is 0 Å². The molecule has 0 fully saturated rings. The highest BCUT2D eigenvalue weighted by atomic mass is 31.2. The summed E-state index contributed by atoms with van der Waals surface area (Å²) >= 11 is 0. The second kappa shape index (κ2) is 15.1. The van der Waals surface area contributed by atoms with Crippen LogP contribution in [0.1, 0.15) is 76.3 Å². The Morgan fingerprint density at radius 2 is 1.63 bits per heavy atom. The first-order chi connectivity index (χ1) is 16.9. The largest absolute Gasteiger partial charge is 0.497 e. The molecule has 1 aromatic carbocycles. The van der Waals surface area contributed by atoms with Crippen molar-refractivity contribution in [1.82, 2.24) is 4.98 Å². The van der Waals surface area contributed by atoms with Crippen LogP contribution in [0.4, 0.5) is 0 Å². The Morgan fingerprint density at radius 1 is 1.00 bits per heavy atom. The van der Waals surface area contributed by atoms with Gasteiger partial charge in [-0.25, -0.2) is 4.98 Å². The van der Waals surface area contributed by atoms with Crippen LogP contribution in [0.25, 0.3) is 0 Å². The molecule has 0 spiro atoms. The smallest absolute Gasteiger partial charge is 0.345 e. The molecule has 0 saturated heterocycles. The number of esters is 1. The van der Waals surface area contributed by atoms with Crippen molar-refractivity contribution in [2.45, 2.75) is 84.9 Å². The van der Waals surface area contributed by atoms with Crippen LogP contribution in [-0.2, 0) is 49.0 Å². The zero-order chi connectivity index (χ0) is 25.7. The lowest BCUT2D eigenvalue weighted by atomic mass is 10.1. The van der Waals surface area contributed by atoms with E-state index in [4.69, 9.17) is 22.9 Å². The number of benzene rings is 1. The average Bonchev–Trinajstić information content (AvgIpc) is 3.25. The van der Waals surface area contributed by atoms with E-state index >= 15 is 0 Å². The van der Waals surface area contributed by atoms with Gasteiger partial charge in [0.05, 0.1) is 26.0 Å². The average molecular weight is 510 g/mol. The van der Waals surface area contributed by atoms with E-state index in [1.165, 1.54) is 0 Å². The molecule has 1 atom stereocenters. The molecule has 9 heteroatoms. The van der Waals surface area contributed by atoms with Gasteiger partial charge in [0.25, 0.3) is 0 Å². The number of ether oxygens (including phenoxy) is 2. The lowest BCUT2D eigenvalue weighted by Crippen LogP contribution is -2.28. The van der Waals surface area contributed by atoms with Crippen molar-refractivity contribution in [3.63, 3.8) is 0 Å². The lowest BCUT2D eigenvalue weighted by molar-refractivity contribution is -0.145. The molecule has 1 aromatic heterocycles. The monoisotopic (exact) mass is 509 g/mol. The van der Waals surface area contributed by atoms with Crippen molar-refractivity contribution < 1.29 is 32.3 Å². The quantitative estimate of drug-likeness (QED) is 0.181. The number of carbonyl (C=O) groups is 1. The van der Waals surface area contributed by atoms with E-state index in [0.29, 0.717) is 11.6 Å². The zero-order valence-electron chi connectivity index (χ0n) is 21.7. The van der Waals surface area contributed by atoms with Crippen molar-refractivity contribution in [2.75, 3.05) is 20.3 Å². The van der Waals surface area contributed by atoms with Gasteiger partial charge in [-0.2, -0.15) is 0 Å². The number of rotatable bonds is 17. The third-order valence-corrected chi connectivity index (χ3v) is 7.92. The zero-order valence-corrected chi connectivity index (χ0v) is 22.6. The van der Waals surface area contributed by atoms with E-state index in [2.05, 4.69) is 18.8 Å². The number of carbonyl (C=O) groups excluding carboxylic acids is 1. The van der Waals surface area contributed by atoms with E-state index in [0.717, 1.165) is 55.5 Å². The minimum Gasteiger partial charge on any atom is -0.497 e. The first-order valence-corrected chi connectivity index (χ1v) is 14.2. The normalized spacial score (nSPS) is 12.5. The summed E-state index contributed by atoms with van der Waals surface area (Å²) in [6, 6.07) is 7.18. The third-order valence-electron chi connectivity index (χ3n) is 5.53. The fourth-order valence-corrected chi connectivity index (χ4v) is 5.50. The topological polar surface area (TPSA) is 97.1 Å². The first kappa shape index (κ1) is 29.1. The van der Waals surface area contributed by atoms with Gasteiger partial charge in [-0.1, -0.05) is 38.8 Å². The maximum atomic E-state index is 13.7. The van der Waals surface area contributed by atoms with Gasteiger partial charge in [-0.05, 0) is 50.8 Å². The molecule has 196 valence electrons. The van der Waals surface area contributed by atoms with Crippen molar-refractivity contribution >= 4 is 13.6 Å². The van der Waals surface area contributed by atoms with E-state index in [-0.39, 0.29) is 26.2 Å². The molecule has 8 nitrogen and oxygen atoms in total. The molecular formula is C26H40NO7P. The van der Waals surface area contributed by atoms with Gasteiger partial charge in [-0.15, -0.1) is 0 Å². The minimum absolute atomic E-state index is 0.0205. The molecule has 2 aromatic rings. The van der Waals surface area contributed by atoms with Crippen LogP contribution in [0, 0.1) is 0 Å². The molecule has 0 bridgehead atoms. The highest BCUT2D eigenvalue weighted by molar-refractivity contribution is 7.55. The number of unbranched alkanes of at least 4 members (excludes halogenated alkanes) is 2. The van der Waals surface area contributed by atoms with Crippen molar-refractivity contribution in [1.29, 1.82) is 0 Å². The number of aryl methyl sites for hydroxylation is 2. The van der Waals surface area contributed by atoms with E-state index < -0.39 is 19.2 Å². The van der Waals surface area contributed by atoms with Gasteiger partial charge in [0.15, 0.2) is 11.5 Å². The van der Waals surface area contributed by atoms with Gasteiger partial charge in [0.1, 0.15) is 18.1 Å².